The van der Waals surface area contributed by atoms with E-state index >= 15 is 0 Å². The van der Waals surface area contributed by atoms with Crippen LogP contribution in [0, 0.1) is 0 Å². The van der Waals surface area contributed by atoms with Gasteiger partial charge < -0.3 is 4.57 Å². The van der Waals surface area contributed by atoms with Gasteiger partial charge in [0.1, 0.15) is 0 Å². The Morgan fingerprint density at radius 3 is 1.96 bits per heavy atom. The first-order valence-electron chi connectivity index (χ1n) is 17.9. The highest BCUT2D eigenvalue weighted by molar-refractivity contribution is 7.25. The van der Waals surface area contributed by atoms with E-state index in [1.807, 2.05) is 11.3 Å². The minimum Gasteiger partial charge on any atom is -0.309 e. The fourth-order valence-corrected chi connectivity index (χ4v) is 10.7. The molecule has 51 heavy (non-hydrogen) atoms. The minimum atomic E-state index is -0.0372. The zero-order valence-electron chi connectivity index (χ0n) is 28.3. The molecule has 8 aromatic carbocycles. The minimum absolute atomic E-state index is 0.0372. The smallest absolute Gasteiger partial charge is 0.0547 e. The fourth-order valence-electron chi connectivity index (χ4n) is 9.66. The molecule has 10 aromatic rings. The molecule has 2 aromatic heterocycles. The van der Waals surface area contributed by atoms with Crippen molar-refractivity contribution < 1.29 is 0 Å². The Balaban J connectivity index is 1.08. The molecule has 0 N–H and O–H groups in total. The van der Waals surface area contributed by atoms with Crippen LogP contribution in [0.2, 0.25) is 0 Å². The maximum Gasteiger partial charge on any atom is 0.0547 e. The lowest BCUT2D eigenvalue weighted by atomic mass is 9.82. The van der Waals surface area contributed by atoms with Crippen LogP contribution < -0.4 is 0 Å². The van der Waals surface area contributed by atoms with Crippen LogP contribution in [-0.2, 0) is 5.41 Å². The number of aromatic nitrogens is 1. The second-order valence-electron chi connectivity index (χ2n) is 14.8. The highest BCUT2D eigenvalue weighted by Crippen LogP contribution is 2.54. The average Bonchev–Trinajstić information content (AvgIpc) is 3.88. The number of para-hydroxylation sites is 1. The van der Waals surface area contributed by atoms with Gasteiger partial charge in [0.15, 0.2) is 0 Å². The number of nitrogens with zero attached hydrogens (tertiary/aromatic N) is 1. The Bertz CT molecular complexity index is 3140. The van der Waals surface area contributed by atoms with Crippen molar-refractivity contribution in [3.63, 3.8) is 0 Å². The van der Waals surface area contributed by atoms with Gasteiger partial charge in [-0.2, -0.15) is 0 Å². The molecule has 0 saturated heterocycles. The summed E-state index contributed by atoms with van der Waals surface area (Å²) >= 11 is 1.89. The molecule has 0 unspecified atom stereocenters. The summed E-state index contributed by atoms with van der Waals surface area (Å²) in [5, 5.41) is 7.99. The summed E-state index contributed by atoms with van der Waals surface area (Å²) in [6.07, 6.45) is 0. The Hall–Kier alpha value is -5.96. The van der Waals surface area contributed by atoms with E-state index in [2.05, 4.69) is 170 Å². The summed E-state index contributed by atoms with van der Waals surface area (Å²) in [5.41, 5.74) is 17.2. The number of fused-ring (bicyclic) bond motifs is 13. The standard InChI is InChI=1S/C49H31NS/c1-49(2)40-16-7-5-12-36(40)47-41(49)22-23-43-48(47)37-13-6-8-17-42(37)50(43)29-19-25-45-39(27-29)38-26-28(18-24-44(38)51-45)30-20-21-35-32-11-4-3-10-31(32)34-15-9-14-33(30)46(34)35/h3-27H,1-2H3. The average molecular weight is 666 g/mol. The molecule has 238 valence electrons. The Morgan fingerprint density at radius 2 is 1.10 bits per heavy atom. The van der Waals surface area contributed by atoms with Crippen LogP contribution in [0.4, 0.5) is 0 Å². The molecule has 0 saturated carbocycles. The molecular weight excluding hydrogens is 635 g/mol. The van der Waals surface area contributed by atoms with Gasteiger partial charge in [-0.15, -0.1) is 11.3 Å². The second-order valence-corrected chi connectivity index (χ2v) is 15.9. The van der Waals surface area contributed by atoms with Crippen LogP contribution in [-0.4, -0.2) is 4.57 Å². The summed E-state index contributed by atoms with van der Waals surface area (Å²) in [7, 11) is 0. The molecule has 2 aliphatic rings. The van der Waals surface area contributed by atoms with E-state index in [-0.39, 0.29) is 5.41 Å². The van der Waals surface area contributed by atoms with Gasteiger partial charge in [0.25, 0.3) is 0 Å². The van der Waals surface area contributed by atoms with Gasteiger partial charge in [-0.05, 0) is 109 Å². The van der Waals surface area contributed by atoms with Crippen LogP contribution in [0.3, 0.4) is 0 Å². The molecule has 0 bridgehead atoms. The lowest BCUT2D eigenvalue weighted by Crippen LogP contribution is -2.14. The third kappa shape index (κ3) is 3.50. The van der Waals surface area contributed by atoms with Crippen molar-refractivity contribution in [1.82, 2.24) is 4.57 Å². The Kier molecular flexibility index (Phi) is 5.25. The maximum atomic E-state index is 2.49. The number of hydrogen-bond acceptors (Lipinski definition) is 1. The predicted molar refractivity (Wildman–Crippen MR) is 219 cm³/mol. The normalized spacial score (nSPS) is 13.8. The van der Waals surface area contributed by atoms with Gasteiger partial charge in [-0.3, -0.25) is 0 Å². The molecule has 0 radical (unpaired) electrons. The number of hydrogen-bond donors (Lipinski definition) is 0. The molecule has 0 spiro atoms. The van der Waals surface area contributed by atoms with E-state index in [4.69, 9.17) is 0 Å². The topological polar surface area (TPSA) is 4.93 Å². The lowest BCUT2D eigenvalue weighted by molar-refractivity contribution is 0.661. The van der Waals surface area contributed by atoms with Gasteiger partial charge in [0, 0.05) is 42.0 Å². The fraction of sp³-hybridized carbons (Fsp3) is 0.0612. The summed E-state index contributed by atoms with van der Waals surface area (Å²) in [6.45, 7) is 4.74. The van der Waals surface area contributed by atoms with Crippen LogP contribution in [0.15, 0.2) is 152 Å². The van der Waals surface area contributed by atoms with Gasteiger partial charge in [0.05, 0.1) is 11.0 Å². The molecule has 1 nitrogen and oxygen atoms in total. The predicted octanol–water partition coefficient (Wildman–Crippen LogP) is 13.9. The molecule has 0 amide bonds. The van der Waals surface area contributed by atoms with Crippen molar-refractivity contribution in [3.8, 4) is 50.2 Å². The molecule has 0 atom stereocenters. The second kappa shape index (κ2) is 9.63. The van der Waals surface area contributed by atoms with Crippen LogP contribution in [0.25, 0.3) is 103 Å². The number of rotatable bonds is 2. The van der Waals surface area contributed by atoms with Gasteiger partial charge in [0.2, 0.25) is 0 Å². The van der Waals surface area contributed by atoms with Gasteiger partial charge >= 0.3 is 0 Å². The van der Waals surface area contributed by atoms with Crippen LogP contribution >= 0.6 is 11.3 Å². The van der Waals surface area contributed by atoms with Crippen LogP contribution in [0.1, 0.15) is 25.0 Å². The summed E-state index contributed by atoms with van der Waals surface area (Å²) in [5.74, 6) is 0. The molecular formula is C49H31NS. The zero-order chi connectivity index (χ0) is 33.6. The molecule has 2 aliphatic carbocycles. The van der Waals surface area contributed by atoms with Crippen molar-refractivity contribution in [1.29, 1.82) is 0 Å². The first-order valence-corrected chi connectivity index (χ1v) is 18.7. The molecule has 0 fully saturated rings. The molecule has 2 heterocycles. The SMILES string of the molecule is CC1(C)c2ccccc2-c2c1ccc1c2c2ccccc2n1-c1ccc2sc3ccc(-c4ccc5c6c(cccc46)-c4ccccc4-5)cc3c2c1. The van der Waals surface area contributed by atoms with E-state index in [0.29, 0.717) is 0 Å². The third-order valence-electron chi connectivity index (χ3n) is 12.0. The van der Waals surface area contributed by atoms with Crippen molar-refractivity contribution in [2.24, 2.45) is 0 Å². The van der Waals surface area contributed by atoms with Gasteiger partial charge in [-0.1, -0.05) is 123 Å². The number of benzene rings is 8. The monoisotopic (exact) mass is 665 g/mol. The maximum absolute atomic E-state index is 2.49. The van der Waals surface area contributed by atoms with E-state index in [1.165, 1.54) is 114 Å². The largest absolute Gasteiger partial charge is 0.309 e. The molecule has 0 aliphatic heterocycles. The third-order valence-corrected chi connectivity index (χ3v) is 13.1. The highest BCUT2D eigenvalue weighted by atomic mass is 32.1. The van der Waals surface area contributed by atoms with E-state index in [9.17, 15) is 0 Å². The first kappa shape index (κ1) is 27.8. The first-order chi connectivity index (χ1) is 25.1. The van der Waals surface area contributed by atoms with E-state index in [1.54, 1.807) is 0 Å². The zero-order valence-corrected chi connectivity index (χ0v) is 29.1. The Morgan fingerprint density at radius 1 is 0.431 bits per heavy atom. The number of thiophene rings is 1. The van der Waals surface area contributed by atoms with Gasteiger partial charge in [-0.25, -0.2) is 0 Å². The van der Waals surface area contributed by atoms with Crippen molar-refractivity contribution >= 4 is 64.1 Å². The van der Waals surface area contributed by atoms with Crippen LogP contribution in [0.5, 0.6) is 0 Å². The van der Waals surface area contributed by atoms with Crippen molar-refractivity contribution in [3.05, 3.63) is 163 Å². The summed E-state index contributed by atoms with van der Waals surface area (Å²) in [4.78, 5) is 0. The summed E-state index contributed by atoms with van der Waals surface area (Å²) < 4.78 is 5.13. The quantitative estimate of drug-likeness (QED) is 0.173. The van der Waals surface area contributed by atoms with Crippen molar-refractivity contribution in [2.75, 3.05) is 0 Å². The molecule has 2 heteroatoms. The van der Waals surface area contributed by atoms with Crippen molar-refractivity contribution in [2.45, 2.75) is 19.3 Å². The lowest BCUT2D eigenvalue weighted by Gasteiger charge is -2.21. The Labute approximate surface area is 299 Å². The molecule has 12 rings (SSSR count). The van der Waals surface area contributed by atoms with E-state index < -0.39 is 0 Å². The summed E-state index contributed by atoms with van der Waals surface area (Å²) in [6, 6.07) is 57.2. The highest BCUT2D eigenvalue weighted by Gasteiger charge is 2.37. The van der Waals surface area contributed by atoms with E-state index in [0.717, 1.165) is 0 Å².